The van der Waals surface area contributed by atoms with Crippen LogP contribution in [0, 0.1) is 11.8 Å². The van der Waals surface area contributed by atoms with Crippen molar-refractivity contribution in [3.05, 3.63) is 35.0 Å². The van der Waals surface area contributed by atoms with E-state index in [1.807, 2.05) is 20.8 Å². The van der Waals surface area contributed by atoms with Gasteiger partial charge >= 0.3 is 12.4 Å². The summed E-state index contributed by atoms with van der Waals surface area (Å²) in [6, 6.07) is -0.305. The van der Waals surface area contributed by atoms with Crippen LogP contribution in [0.5, 0.6) is 0 Å². The molecule has 2 aliphatic rings. The van der Waals surface area contributed by atoms with Crippen LogP contribution >= 0.6 is 0 Å². The molecule has 1 aromatic rings. The zero-order valence-corrected chi connectivity index (χ0v) is 19.8. The van der Waals surface area contributed by atoms with E-state index in [9.17, 15) is 31.1 Å². The molecule has 1 aromatic heterocycles. The SMILES string of the molecule is CC(C)(C)c1nc(CNCC2CCC(NC(=O)C3=CC(C(F)(F)F)CC(C(F)(F)F)=C3)CC2)no1. The lowest BCUT2D eigenvalue weighted by atomic mass is 9.85. The third kappa shape index (κ3) is 7.55. The Morgan fingerprint density at radius 1 is 1.09 bits per heavy atom. The molecule has 0 radical (unpaired) electrons. The van der Waals surface area contributed by atoms with Crippen LogP contribution < -0.4 is 10.6 Å². The molecule has 35 heavy (non-hydrogen) atoms. The van der Waals surface area contributed by atoms with Crippen LogP contribution in [0.3, 0.4) is 0 Å². The minimum Gasteiger partial charge on any atom is -0.349 e. The summed E-state index contributed by atoms with van der Waals surface area (Å²) in [6.45, 7) is 7.05. The zero-order valence-electron chi connectivity index (χ0n) is 19.8. The highest BCUT2D eigenvalue weighted by Crippen LogP contribution is 2.41. The maximum atomic E-state index is 13.1. The summed E-state index contributed by atoms with van der Waals surface area (Å²) >= 11 is 0. The second-order valence-corrected chi connectivity index (χ2v) is 10.2. The Kier molecular flexibility index (Phi) is 8.02. The van der Waals surface area contributed by atoms with Crippen LogP contribution in [0.15, 0.2) is 27.8 Å². The summed E-state index contributed by atoms with van der Waals surface area (Å²) < 4.78 is 83.9. The van der Waals surface area contributed by atoms with Gasteiger partial charge in [-0.15, -0.1) is 0 Å². The first-order chi connectivity index (χ1) is 16.1. The van der Waals surface area contributed by atoms with Crippen LogP contribution in [-0.2, 0) is 16.8 Å². The number of amides is 1. The maximum absolute atomic E-state index is 13.1. The smallest absolute Gasteiger partial charge is 0.349 e. The molecule has 3 rings (SSSR count). The molecule has 196 valence electrons. The average molecular weight is 509 g/mol. The van der Waals surface area contributed by atoms with Gasteiger partial charge in [0.1, 0.15) is 0 Å². The number of halogens is 6. The predicted octanol–water partition coefficient (Wildman–Crippen LogP) is 5.13. The van der Waals surface area contributed by atoms with E-state index < -0.39 is 41.7 Å². The van der Waals surface area contributed by atoms with Crippen LogP contribution in [0.1, 0.15) is 64.6 Å². The Hall–Kier alpha value is -2.37. The summed E-state index contributed by atoms with van der Waals surface area (Å²) in [5.41, 5.74) is -2.18. The quantitative estimate of drug-likeness (QED) is 0.521. The summed E-state index contributed by atoms with van der Waals surface area (Å²) in [5.74, 6) is -1.82. The van der Waals surface area contributed by atoms with Crippen molar-refractivity contribution in [3.63, 3.8) is 0 Å². The van der Waals surface area contributed by atoms with Crippen molar-refractivity contribution in [2.45, 2.75) is 83.2 Å². The molecule has 2 aliphatic carbocycles. The fourth-order valence-electron chi connectivity index (χ4n) is 4.15. The third-order valence-corrected chi connectivity index (χ3v) is 6.20. The topological polar surface area (TPSA) is 80.0 Å². The van der Waals surface area contributed by atoms with E-state index in [4.69, 9.17) is 4.52 Å². The first kappa shape index (κ1) is 27.2. The molecule has 0 saturated heterocycles. The van der Waals surface area contributed by atoms with Crippen molar-refractivity contribution in [1.82, 2.24) is 20.8 Å². The largest absolute Gasteiger partial charge is 0.412 e. The lowest BCUT2D eigenvalue weighted by Gasteiger charge is -2.30. The minimum absolute atomic E-state index is 0.237. The van der Waals surface area contributed by atoms with Gasteiger partial charge in [-0.2, -0.15) is 31.3 Å². The van der Waals surface area contributed by atoms with Gasteiger partial charge in [-0.1, -0.05) is 32.0 Å². The summed E-state index contributed by atoms with van der Waals surface area (Å²) in [5, 5.41) is 9.84. The van der Waals surface area contributed by atoms with Gasteiger partial charge < -0.3 is 15.2 Å². The van der Waals surface area contributed by atoms with Gasteiger partial charge in [0.25, 0.3) is 5.91 Å². The van der Waals surface area contributed by atoms with E-state index in [-0.39, 0.29) is 11.5 Å². The Morgan fingerprint density at radius 3 is 2.29 bits per heavy atom. The number of carbonyl (C=O) groups excluding carboxylic acids is 1. The second kappa shape index (κ2) is 10.3. The molecule has 6 nitrogen and oxygen atoms in total. The van der Waals surface area contributed by atoms with E-state index in [1.165, 1.54) is 0 Å². The average Bonchev–Trinajstić information content (AvgIpc) is 3.23. The van der Waals surface area contributed by atoms with Crippen molar-refractivity contribution in [2.24, 2.45) is 11.8 Å². The number of hydrogen-bond acceptors (Lipinski definition) is 5. The number of nitrogens with zero attached hydrogens (tertiary/aromatic N) is 2. The van der Waals surface area contributed by atoms with E-state index in [2.05, 4.69) is 20.8 Å². The van der Waals surface area contributed by atoms with Gasteiger partial charge in [-0.25, -0.2) is 0 Å². The summed E-state index contributed by atoms with van der Waals surface area (Å²) in [7, 11) is 0. The van der Waals surface area contributed by atoms with Gasteiger partial charge in [-0.3, -0.25) is 4.79 Å². The van der Waals surface area contributed by atoms with Crippen molar-refractivity contribution in [1.29, 1.82) is 0 Å². The Morgan fingerprint density at radius 2 is 1.74 bits per heavy atom. The molecule has 12 heteroatoms. The van der Waals surface area contributed by atoms with E-state index in [0.717, 1.165) is 12.8 Å². The van der Waals surface area contributed by atoms with Crippen LogP contribution in [0.25, 0.3) is 0 Å². The minimum atomic E-state index is -4.93. The fraction of sp³-hybridized carbons (Fsp3) is 0.696. The molecular formula is C23H30F6N4O2. The molecule has 1 fully saturated rings. The van der Waals surface area contributed by atoms with Crippen molar-refractivity contribution in [2.75, 3.05) is 6.54 Å². The van der Waals surface area contributed by atoms with Gasteiger partial charge in [0, 0.05) is 22.6 Å². The van der Waals surface area contributed by atoms with E-state index in [0.29, 0.717) is 55.7 Å². The van der Waals surface area contributed by atoms with Crippen LogP contribution in [0.2, 0.25) is 0 Å². The Balaban J connectivity index is 1.48. The maximum Gasteiger partial charge on any atom is 0.412 e. The summed E-state index contributed by atoms with van der Waals surface area (Å²) in [6.07, 6.45) is -7.22. The van der Waals surface area contributed by atoms with E-state index >= 15 is 0 Å². The van der Waals surface area contributed by atoms with Gasteiger partial charge in [0.05, 0.1) is 12.5 Å². The molecule has 1 saturated carbocycles. The van der Waals surface area contributed by atoms with Crippen LogP contribution in [0.4, 0.5) is 26.3 Å². The third-order valence-electron chi connectivity index (χ3n) is 6.20. The molecule has 0 bridgehead atoms. The van der Waals surface area contributed by atoms with Crippen molar-refractivity contribution in [3.8, 4) is 0 Å². The molecule has 1 amide bonds. The summed E-state index contributed by atoms with van der Waals surface area (Å²) in [4.78, 5) is 16.9. The Labute approximate surface area is 199 Å². The number of hydrogen-bond donors (Lipinski definition) is 2. The molecule has 0 aromatic carbocycles. The first-order valence-electron chi connectivity index (χ1n) is 11.5. The van der Waals surface area contributed by atoms with E-state index in [1.54, 1.807) is 0 Å². The first-order valence-corrected chi connectivity index (χ1v) is 11.5. The number of alkyl halides is 6. The van der Waals surface area contributed by atoms with Gasteiger partial charge in [0.2, 0.25) is 5.89 Å². The van der Waals surface area contributed by atoms with Gasteiger partial charge in [-0.05, 0) is 50.6 Å². The van der Waals surface area contributed by atoms with Crippen molar-refractivity contribution >= 4 is 5.91 Å². The lowest BCUT2D eigenvalue weighted by Crippen LogP contribution is -2.40. The number of allylic oxidation sites excluding steroid dienone is 2. The zero-order chi connectivity index (χ0) is 26.0. The molecule has 2 N–H and O–H groups in total. The number of aromatic nitrogens is 2. The van der Waals surface area contributed by atoms with Crippen molar-refractivity contribution < 1.29 is 35.7 Å². The normalized spacial score (nSPS) is 24.1. The molecule has 1 unspecified atom stereocenters. The molecule has 1 atom stereocenters. The van der Waals surface area contributed by atoms with Gasteiger partial charge in [0.15, 0.2) is 5.82 Å². The second-order valence-electron chi connectivity index (χ2n) is 10.2. The number of rotatable bonds is 6. The fourth-order valence-corrected chi connectivity index (χ4v) is 4.15. The number of carbonyl (C=O) groups is 1. The molecule has 0 aliphatic heterocycles. The molecule has 1 heterocycles. The highest BCUT2D eigenvalue weighted by atomic mass is 19.4. The standard InChI is InChI=1S/C23H30F6N4O2/c1-21(2,3)20-32-18(33-35-20)12-30-11-13-4-6-17(7-5-13)31-19(34)14-8-15(22(24,25)26)10-16(9-14)23(27,28)29/h8-9,13,15,17,30H,4-7,10-12H2,1-3H3,(H,31,34). The predicted molar refractivity (Wildman–Crippen MR) is 115 cm³/mol. The highest BCUT2D eigenvalue weighted by molar-refractivity contribution is 5.96. The monoisotopic (exact) mass is 508 g/mol. The number of nitrogens with one attached hydrogen (secondary N) is 2. The molecule has 0 spiro atoms. The lowest BCUT2D eigenvalue weighted by molar-refractivity contribution is -0.166. The highest BCUT2D eigenvalue weighted by Gasteiger charge is 2.46. The Bertz CT molecular complexity index is 950. The molecular weight excluding hydrogens is 478 g/mol. The van der Waals surface area contributed by atoms with Crippen LogP contribution in [-0.4, -0.2) is 41.0 Å².